The number of aromatic nitrogens is 1. The molecule has 0 bridgehead atoms. The van der Waals surface area contributed by atoms with Gasteiger partial charge in [0.2, 0.25) is 0 Å². The first-order valence-corrected chi connectivity index (χ1v) is 7.49. The minimum absolute atomic E-state index is 0.0580. The zero-order chi connectivity index (χ0) is 18.2. The van der Waals surface area contributed by atoms with Crippen LogP contribution in [0.2, 0.25) is 0 Å². The van der Waals surface area contributed by atoms with E-state index in [1.165, 1.54) is 18.3 Å². The van der Waals surface area contributed by atoms with E-state index in [2.05, 4.69) is 4.98 Å². The smallest absolute Gasteiger partial charge is 0.339 e. The maximum Gasteiger partial charge on any atom is 0.339 e. The molecule has 0 atom stereocenters. The molecule has 0 aliphatic heterocycles. The lowest BCUT2D eigenvalue weighted by Crippen LogP contribution is -2.14. The number of benzene rings is 1. The van der Waals surface area contributed by atoms with Gasteiger partial charge in [-0.1, -0.05) is 6.07 Å². The fraction of sp³-hybridized carbons (Fsp3) is 0.222. The Morgan fingerprint density at radius 2 is 2.12 bits per heavy atom. The van der Waals surface area contributed by atoms with Crippen LogP contribution in [0, 0.1) is 6.92 Å². The first-order chi connectivity index (χ1) is 11.8. The molecule has 0 unspecified atom stereocenters. The number of fused-ring (bicyclic) bond motifs is 1. The lowest BCUT2D eigenvalue weighted by Gasteiger charge is -2.15. The lowest BCUT2D eigenvalue weighted by molar-refractivity contribution is 0.0108. The minimum Gasteiger partial charge on any atom is -0.489 e. The van der Waals surface area contributed by atoms with E-state index in [4.69, 9.17) is 9.15 Å². The van der Waals surface area contributed by atoms with Gasteiger partial charge < -0.3 is 14.3 Å². The standard InChI is InChI=1S/C18H15F2NO4/c1-10-15(17(22)23)13-8-12(5-6-14(13)25-10)24-9-11-4-3-7-21-16(11)18(2,19)20/h3-8H,9H2,1-2H3,(H,22,23). The van der Waals surface area contributed by atoms with Crippen molar-refractivity contribution in [3.63, 3.8) is 0 Å². The third kappa shape index (κ3) is 3.31. The number of furan rings is 1. The number of pyridine rings is 1. The van der Waals surface area contributed by atoms with Gasteiger partial charge in [0.05, 0.1) is 0 Å². The third-order valence-electron chi connectivity index (χ3n) is 3.75. The van der Waals surface area contributed by atoms with Crippen molar-refractivity contribution in [3.8, 4) is 5.75 Å². The van der Waals surface area contributed by atoms with Gasteiger partial charge in [0.15, 0.2) is 0 Å². The summed E-state index contributed by atoms with van der Waals surface area (Å²) >= 11 is 0. The SMILES string of the molecule is Cc1oc2ccc(OCc3cccnc3C(C)(F)F)cc2c1C(=O)O. The van der Waals surface area contributed by atoms with Gasteiger partial charge in [-0.2, -0.15) is 8.78 Å². The molecule has 0 aliphatic rings. The summed E-state index contributed by atoms with van der Waals surface area (Å²) in [6, 6.07) is 7.77. The Morgan fingerprint density at radius 3 is 2.80 bits per heavy atom. The van der Waals surface area contributed by atoms with Crippen molar-refractivity contribution in [1.82, 2.24) is 4.98 Å². The molecule has 0 saturated carbocycles. The van der Waals surface area contributed by atoms with Crippen LogP contribution in [-0.2, 0) is 12.5 Å². The van der Waals surface area contributed by atoms with Gasteiger partial charge in [-0.3, -0.25) is 4.98 Å². The lowest BCUT2D eigenvalue weighted by atomic mass is 10.1. The molecular formula is C18H15F2NO4. The van der Waals surface area contributed by atoms with Crippen molar-refractivity contribution < 1.29 is 27.8 Å². The Bertz CT molecular complexity index is 944. The molecule has 3 aromatic rings. The number of carboxylic acids is 1. The Hall–Kier alpha value is -2.96. The molecule has 1 N–H and O–H groups in total. The van der Waals surface area contributed by atoms with Gasteiger partial charge in [-0.15, -0.1) is 0 Å². The molecule has 5 nitrogen and oxygen atoms in total. The zero-order valence-corrected chi connectivity index (χ0v) is 13.5. The highest BCUT2D eigenvalue weighted by Crippen LogP contribution is 2.31. The van der Waals surface area contributed by atoms with E-state index in [0.717, 1.165) is 6.92 Å². The van der Waals surface area contributed by atoms with Crippen LogP contribution in [0.1, 0.15) is 34.3 Å². The Balaban J connectivity index is 1.90. The van der Waals surface area contributed by atoms with Gasteiger partial charge in [-0.05, 0) is 31.2 Å². The van der Waals surface area contributed by atoms with Gasteiger partial charge in [-0.25, -0.2) is 4.79 Å². The van der Waals surface area contributed by atoms with Gasteiger partial charge in [0, 0.05) is 24.1 Å². The number of carbonyl (C=O) groups is 1. The second-order valence-corrected chi connectivity index (χ2v) is 5.68. The molecule has 3 rings (SSSR count). The van der Waals surface area contributed by atoms with Crippen LogP contribution in [0.5, 0.6) is 5.75 Å². The summed E-state index contributed by atoms with van der Waals surface area (Å²) in [4.78, 5) is 15.1. The van der Waals surface area contributed by atoms with Gasteiger partial charge >= 0.3 is 5.97 Å². The number of ether oxygens (including phenoxy) is 1. The highest BCUT2D eigenvalue weighted by Gasteiger charge is 2.29. The van der Waals surface area contributed by atoms with Crippen LogP contribution in [0.4, 0.5) is 8.78 Å². The molecule has 25 heavy (non-hydrogen) atoms. The van der Waals surface area contributed by atoms with E-state index in [1.54, 1.807) is 25.1 Å². The Kier molecular flexibility index (Phi) is 4.16. The number of aromatic carboxylic acids is 1. The zero-order valence-electron chi connectivity index (χ0n) is 13.5. The fourth-order valence-electron chi connectivity index (χ4n) is 2.67. The molecule has 0 spiro atoms. The molecule has 1 aromatic carbocycles. The van der Waals surface area contributed by atoms with Crippen LogP contribution in [0.25, 0.3) is 11.0 Å². The molecule has 0 aliphatic carbocycles. The average Bonchev–Trinajstić information content (AvgIpc) is 2.87. The number of hydrogen-bond donors (Lipinski definition) is 1. The summed E-state index contributed by atoms with van der Waals surface area (Å²) in [6.07, 6.45) is 1.30. The largest absolute Gasteiger partial charge is 0.489 e. The average molecular weight is 347 g/mol. The van der Waals surface area contributed by atoms with E-state index < -0.39 is 11.9 Å². The van der Waals surface area contributed by atoms with Crippen molar-refractivity contribution >= 4 is 16.9 Å². The molecular weight excluding hydrogens is 332 g/mol. The summed E-state index contributed by atoms with van der Waals surface area (Å²) < 4.78 is 38.2. The second kappa shape index (κ2) is 6.16. The number of rotatable bonds is 5. The first-order valence-electron chi connectivity index (χ1n) is 7.49. The van der Waals surface area contributed by atoms with E-state index in [-0.39, 0.29) is 23.4 Å². The summed E-state index contributed by atoms with van der Waals surface area (Å²) in [5.74, 6) is -3.54. The van der Waals surface area contributed by atoms with Crippen LogP contribution in [-0.4, -0.2) is 16.1 Å². The van der Waals surface area contributed by atoms with Crippen molar-refractivity contribution in [3.05, 3.63) is 59.1 Å². The molecule has 0 saturated heterocycles. The summed E-state index contributed by atoms with van der Waals surface area (Å²) in [6.45, 7) is 2.23. The number of halogens is 2. The highest BCUT2D eigenvalue weighted by atomic mass is 19.3. The minimum atomic E-state index is -3.08. The van der Waals surface area contributed by atoms with E-state index in [1.807, 2.05) is 0 Å². The maximum atomic E-state index is 13.6. The molecule has 0 fully saturated rings. The predicted octanol–water partition coefficient (Wildman–Crippen LogP) is 4.53. The maximum absolute atomic E-state index is 13.6. The van der Waals surface area contributed by atoms with Crippen molar-refractivity contribution in [2.45, 2.75) is 26.4 Å². The molecule has 0 radical (unpaired) electrons. The van der Waals surface area contributed by atoms with Crippen LogP contribution in [0.3, 0.4) is 0 Å². The normalized spacial score (nSPS) is 11.7. The van der Waals surface area contributed by atoms with Crippen LogP contribution < -0.4 is 4.74 Å². The number of aryl methyl sites for hydroxylation is 1. The van der Waals surface area contributed by atoms with E-state index >= 15 is 0 Å². The van der Waals surface area contributed by atoms with Gasteiger partial charge in [0.1, 0.15) is 35.0 Å². The molecule has 2 heterocycles. The second-order valence-electron chi connectivity index (χ2n) is 5.68. The third-order valence-corrected chi connectivity index (χ3v) is 3.75. The van der Waals surface area contributed by atoms with Crippen LogP contribution in [0.15, 0.2) is 40.9 Å². The number of hydrogen-bond acceptors (Lipinski definition) is 4. The van der Waals surface area contributed by atoms with Crippen molar-refractivity contribution in [1.29, 1.82) is 0 Å². The van der Waals surface area contributed by atoms with E-state index in [9.17, 15) is 18.7 Å². The molecule has 7 heteroatoms. The topological polar surface area (TPSA) is 72.6 Å². The summed E-state index contributed by atoms with van der Waals surface area (Å²) in [7, 11) is 0. The first kappa shape index (κ1) is 16.9. The van der Waals surface area contributed by atoms with Crippen molar-refractivity contribution in [2.24, 2.45) is 0 Å². The van der Waals surface area contributed by atoms with Crippen molar-refractivity contribution in [2.75, 3.05) is 0 Å². The number of alkyl halides is 2. The van der Waals surface area contributed by atoms with E-state index in [0.29, 0.717) is 22.5 Å². The van der Waals surface area contributed by atoms with Gasteiger partial charge in [0.25, 0.3) is 5.92 Å². The van der Waals surface area contributed by atoms with Crippen LogP contribution >= 0.6 is 0 Å². The highest BCUT2D eigenvalue weighted by molar-refractivity contribution is 6.03. The number of carboxylic acid groups (broad SMARTS) is 1. The molecule has 0 amide bonds. The number of nitrogens with zero attached hydrogens (tertiary/aromatic N) is 1. The Labute approximate surface area is 141 Å². The predicted molar refractivity (Wildman–Crippen MR) is 86.0 cm³/mol. The fourth-order valence-corrected chi connectivity index (χ4v) is 2.67. The molecule has 2 aromatic heterocycles. The summed E-state index contributed by atoms with van der Waals surface area (Å²) in [5.41, 5.74) is 0.394. The molecule has 130 valence electrons. The quantitative estimate of drug-likeness (QED) is 0.734. The Morgan fingerprint density at radius 1 is 1.36 bits per heavy atom. The monoisotopic (exact) mass is 347 g/mol. The summed E-state index contributed by atoms with van der Waals surface area (Å²) in [5, 5.41) is 9.68.